The average molecular weight is 293 g/mol. The van der Waals surface area contributed by atoms with Crippen molar-refractivity contribution in [2.24, 2.45) is 0 Å². The number of carbonyl (C=O) groups is 1. The first-order valence-corrected chi connectivity index (χ1v) is 6.55. The maximum absolute atomic E-state index is 14.0. The summed E-state index contributed by atoms with van der Waals surface area (Å²) < 4.78 is 14.0. The van der Waals surface area contributed by atoms with E-state index in [4.69, 9.17) is 11.6 Å². The summed E-state index contributed by atoms with van der Waals surface area (Å²) >= 11 is 6.08. The molecule has 0 heterocycles. The zero-order chi connectivity index (χ0) is 14.8. The minimum Gasteiger partial charge on any atom is -0.481 e. The Morgan fingerprint density at radius 3 is 2.40 bits per heavy atom. The van der Waals surface area contributed by atoms with Gasteiger partial charge in [0.2, 0.25) is 0 Å². The highest BCUT2D eigenvalue weighted by atomic mass is 35.5. The fourth-order valence-corrected chi connectivity index (χ4v) is 2.42. The van der Waals surface area contributed by atoms with Crippen LogP contribution >= 0.6 is 11.6 Å². The summed E-state index contributed by atoms with van der Waals surface area (Å²) in [5.41, 5.74) is -0.522. The van der Waals surface area contributed by atoms with E-state index < -0.39 is 17.2 Å². The third-order valence-corrected chi connectivity index (χ3v) is 3.81. The minimum atomic E-state index is -1.36. The molecule has 2 aromatic carbocycles. The summed E-state index contributed by atoms with van der Waals surface area (Å²) in [7, 11) is 0. The van der Waals surface area contributed by atoms with Crippen LogP contribution in [-0.2, 0) is 16.6 Å². The first-order chi connectivity index (χ1) is 9.45. The molecule has 2 aromatic rings. The highest BCUT2D eigenvalue weighted by molar-refractivity contribution is 6.31. The zero-order valence-electron chi connectivity index (χ0n) is 10.9. The molecule has 2 rings (SSSR count). The highest BCUT2D eigenvalue weighted by Gasteiger charge is 2.38. The molecule has 104 valence electrons. The first kappa shape index (κ1) is 14.5. The van der Waals surface area contributed by atoms with Gasteiger partial charge in [-0.1, -0.05) is 48.0 Å². The van der Waals surface area contributed by atoms with Gasteiger partial charge in [0, 0.05) is 10.6 Å². The van der Waals surface area contributed by atoms with Gasteiger partial charge in [-0.15, -0.1) is 0 Å². The lowest BCUT2D eigenvalue weighted by Gasteiger charge is -2.26. The van der Waals surface area contributed by atoms with E-state index in [-0.39, 0.29) is 12.0 Å². The van der Waals surface area contributed by atoms with Gasteiger partial charge in [0.15, 0.2) is 0 Å². The molecule has 0 radical (unpaired) electrons. The average Bonchev–Trinajstić information content (AvgIpc) is 2.41. The van der Waals surface area contributed by atoms with Crippen molar-refractivity contribution in [1.82, 2.24) is 0 Å². The van der Waals surface area contributed by atoms with E-state index in [0.29, 0.717) is 10.6 Å². The molecular weight excluding hydrogens is 279 g/mol. The molecule has 0 aromatic heterocycles. The third kappa shape index (κ3) is 2.68. The molecule has 0 bridgehead atoms. The fourth-order valence-electron chi connectivity index (χ4n) is 2.22. The predicted molar refractivity (Wildman–Crippen MR) is 76.5 cm³/mol. The maximum Gasteiger partial charge on any atom is 0.314 e. The Bertz CT molecular complexity index is 642. The van der Waals surface area contributed by atoms with Gasteiger partial charge >= 0.3 is 5.97 Å². The van der Waals surface area contributed by atoms with Gasteiger partial charge in [-0.25, -0.2) is 4.39 Å². The number of carboxylic acid groups (broad SMARTS) is 1. The molecule has 2 nitrogen and oxygen atoms in total. The molecule has 0 aliphatic carbocycles. The molecule has 0 aliphatic heterocycles. The smallest absolute Gasteiger partial charge is 0.314 e. The van der Waals surface area contributed by atoms with E-state index in [9.17, 15) is 14.3 Å². The SMILES string of the molecule is CC(Cc1ccccc1Cl)(C(=O)O)c1ccccc1F. The summed E-state index contributed by atoms with van der Waals surface area (Å²) in [6.45, 7) is 1.51. The molecule has 0 aliphatic rings. The second kappa shape index (κ2) is 5.63. The van der Waals surface area contributed by atoms with Crippen molar-refractivity contribution in [3.05, 3.63) is 70.5 Å². The van der Waals surface area contributed by atoms with Crippen LogP contribution in [0.15, 0.2) is 48.5 Å². The fraction of sp³-hybridized carbons (Fsp3) is 0.188. The number of carboxylic acids is 1. The topological polar surface area (TPSA) is 37.3 Å². The van der Waals surface area contributed by atoms with Crippen LogP contribution in [0.25, 0.3) is 0 Å². The molecular formula is C16H14ClFO2. The lowest BCUT2D eigenvalue weighted by atomic mass is 9.77. The molecule has 0 saturated carbocycles. The van der Waals surface area contributed by atoms with Crippen LogP contribution in [-0.4, -0.2) is 11.1 Å². The molecule has 0 amide bonds. The molecule has 20 heavy (non-hydrogen) atoms. The molecule has 0 spiro atoms. The lowest BCUT2D eigenvalue weighted by molar-refractivity contribution is -0.143. The Morgan fingerprint density at radius 2 is 1.80 bits per heavy atom. The van der Waals surface area contributed by atoms with Crippen LogP contribution in [0.2, 0.25) is 5.02 Å². The van der Waals surface area contributed by atoms with E-state index in [2.05, 4.69) is 0 Å². The second-order valence-electron chi connectivity index (χ2n) is 4.89. The second-order valence-corrected chi connectivity index (χ2v) is 5.29. The van der Waals surface area contributed by atoms with E-state index >= 15 is 0 Å². The zero-order valence-corrected chi connectivity index (χ0v) is 11.7. The lowest BCUT2D eigenvalue weighted by Crippen LogP contribution is -2.35. The van der Waals surface area contributed by atoms with Gasteiger partial charge in [-0.05, 0) is 31.0 Å². The number of benzene rings is 2. The largest absolute Gasteiger partial charge is 0.481 e. The van der Waals surface area contributed by atoms with E-state index in [0.717, 1.165) is 0 Å². The van der Waals surface area contributed by atoms with Crippen LogP contribution in [0.4, 0.5) is 4.39 Å². The molecule has 1 N–H and O–H groups in total. The quantitative estimate of drug-likeness (QED) is 0.922. The van der Waals surface area contributed by atoms with Crippen LogP contribution in [0, 0.1) is 5.82 Å². The van der Waals surface area contributed by atoms with Crippen molar-refractivity contribution in [2.45, 2.75) is 18.8 Å². The Labute approximate surface area is 121 Å². The summed E-state index contributed by atoms with van der Waals surface area (Å²) in [5, 5.41) is 10.0. The van der Waals surface area contributed by atoms with Gasteiger partial charge in [-0.2, -0.15) is 0 Å². The van der Waals surface area contributed by atoms with E-state index in [1.54, 1.807) is 30.3 Å². The minimum absolute atomic E-state index is 0.128. The number of halogens is 2. The maximum atomic E-state index is 14.0. The van der Waals surface area contributed by atoms with Gasteiger partial charge in [-0.3, -0.25) is 4.79 Å². The number of aliphatic carboxylic acids is 1. The Morgan fingerprint density at radius 1 is 1.20 bits per heavy atom. The highest BCUT2D eigenvalue weighted by Crippen LogP contribution is 2.32. The van der Waals surface area contributed by atoms with Crippen LogP contribution in [0.3, 0.4) is 0 Å². The van der Waals surface area contributed by atoms with Crippen molar-refractivity contribution in [3.63, 3.8) is 0 Å². The van der Waals surface area contributed by atoms with Crippen molar-refractivity contribution in [3.8, 4) is 0 Å². The van der Waals surface area contributed by atoms with Gasteiger partial charge in [0.25, 0.3) is 0 Å². The van der Waals surface area contributed by atoms with Gasteiger partial charge < -0.3 is 5.11 Å². The summed E-state index contributed by atoms with van der Waals surface area (Å²) in [6, 6.07) is 12.9. The van der Waals surface area contributed by atoms with Crippen LogP contribution < -0.4 is 0 Å². The van der Waals surface area contributed by atoms with Crippen molar-refractivity contribution >= 4 is 17.6 Å². The molecule has 1 unspecified atom stereocenters. The number of hydrogen-bond donors (Lipinski definition) is 1. The first-order valence-electron chi connectivity index (χ1n) is 6.17. The summed E-state index contributed by atoms with van der Waals surface area (Å²) in [5.74, 6) is -1.60. The monoisotopic (exact) mass is 292 g/mol. The number of hydrogen-bond acceptors (Lipinski definition) is 1. The van der Waals surface area contributed by atoms with E-state index in [1.165, 1.54) is 25.1 Å². The third-order valence-electron chi connectivity index (χ3n) is 3.44. The van der Waals surface area contributed by atoms with Gasteiger partial charge in [0.1, 0.15) is 5.82 Å². The summed E-state index contributed by atoms with van der Waals surface area (Å²) in [4.78, 5) is 11.7. The Hall–Kier alpha value is -1.87. The van der Waals surface area contributed by atoms with Crippen LogP contribution in [0.1, 0.15) is 18.1 Å². The van der Waals surface area contributed by atoms with Crippen molar-refractivity contribution < 1.29 is 14.3 Å². The Kier molecular flexibility index (Phi) is 4.09. The Balaban J connectivity index is 2.49. The summed E-state index contributed by atoms with van der Waals surface area (Å²) in [6.07, 6.45) is 0.128. The predicted octanol–water partition coefficient (Wildman–Crippen LogP) is 4.06. The van der Waals surface area contributed by atoms with Gasteiger partial charge in [0.05, 0.1) is 5.41 Å². The van der Waals surface area contributed by atoms with Crippen LogP contribution in [0.5, 0.6) is 0 Å². The van der Waals surface area contributed by atoms with E-state index in [1.807, 2.05) is 0 Å². The molecule has 4 heteroatoms. The molecule has 0 saturated heterocycles. The number of rotatable bonds is 4. The standard InChI is InChI=1S/C16H14ClFO2/c1-16(15(19)20,12-7-3-5-9-14(12)18)10-11-6-2-4-8-13(11)17/h2-9H,10H2,1H3,(H,19,20). The van der Waals surface area contributed by atoms with Crippen molar-refractivity contribution in [1.29, 1.82) is 0 Å². The molecule has 1 atom stereocenters. The van der Waals surface area contributed by atoms with Crippen molar-refractivity contribution in [2.75, 3.05) is 0 Å². The molecule has 0 fully saturated rings. The normalized spacial score (nSPS) is 13.8.